The molecular weight excluding hydrogens is 262 g/mol. The van der Waals surface area contributed by atoms with Gasteiger partial charge in [-0.3, -0.25) is 9.97 Å². The maximum absolute atomic E-state index is 5.59. The summed E-state index contributed by atoms with van der Waals surface area (Å²) in [5.41, 5.74) is 8.46. The zero-order valence-corrected chi connectivity index (χ0v) is 12.1. The lowest BCUT2D eigenvalue weighted by Crippen LogP contribution is -2.14. The fourth-order valence-corrected chi connectivity index (χ4v) is 2.76. The summed E-state index contributed by atoms with van der Waals surface area (Å²) in [5.74, 6) is 1.24. The standard InChI is InChI=1S/C16H21N5/c17-16-4-3-13(9-21-16)15-11-19-14(10-20-15)8-12-2-1-6-18-7-5-12/h3-4,9-12,18H,1-2,5-8H2,(H2,17,21). The van der Waals surface area contributed by atoms with E-state index in [1.54, 1.807) is 12.3 Å². The normalized spacial score (nSPS) is 19.1. The number of anilines is 1. The van der Waals surface area contributed by atoms with Crippen LogP contribution in [0.5, 0.6) is 0 Å². The Bertz CT molecular complexity index is 556. The summed E-state index contributed by atoms with van der Waals surface area (Å²) in [4.78, 5) is 13.2. The number of rotatable bonds is 3. The molecule has 5 heteroatoms. The molecule has 1 atom stereocenters. The van der Waals surface area contributed by atoms with Crippen LogP contribution in [0.3, 0.4) is 0 Å². The summed E-state index contributed by atoms with van der Waals surface area (Å²) >= 11 is 0. The Morgan fingerprint density at radius 3 is 2.76 bits per heavy atom. The van der Waals surface area contributed by atoms with Gasteiger partial charge >= 0.3 is 0 Å². The second-order valence-corrected chi connectivity index (χ2v) is 5.62. The molecule has 21 heavy (non-hydrogen) atoms. The molecule has 0 radical (unpaired) electrons. The molecule has 1 fully saturated rings. The molecule has 3 rings (SSSR count). The molecule has 0 amide bonds. The van der Waals surface area contributed by atoms with E-state index >= 15 is 0 Å². The zero-order chi connectivity index (χ0) is 14.5. The van der Waals surface area contributed by atoms with Gasteiger partial charge in [0.05, 0.1) is 17.6 Å². The predicted molar refractivity (Wildman–Crippen MR) is 83.6 cm³/mol. The first-order valence-corrected chi connectivity index (χ1v) is 7.55. The number of hydrogen-bond acceptors (Lipinski definition) is 5. The molecule has 0 bridgehead atoms. The molecule has 0 aromatic carbocycles. The first kappa shape index (κ1) is 13.9. The van der Waals surface area contributed by atoms with Gasteiger partial charge in [0.1, 0.15) is 5.82 Å². The molecule has 0 aliphatic carbocycles. The van der Waals surface area contributed by atoms with E-state index in [1.165, 1.54) is 19.3 Å². The molecule has 5 nitrogen and oxygen atoms in total. The van der Waals surface area contributed by atoms with Crippen LogP contribution in [0.2, 0.25) is 0 Å². The lowest BCUT2D eigenvalue weighted by atomic mass is 9.95. The van der Waals surface area contributed by atoms with E-state index in [2.05, 4.69) is 20.3 Å². The van der Waals surface area contributed by atoms with Gasteiger partial charge in [0, 0.05) is 18.0 Å². The van der Waals surface area contributed by atoms with Gasteiger partial charge in [0.25, 0.3) is 0 Å². The van der Waals surface area contributed by atoms with Crippen molar-refractivity contribution in [1.82, 2.24) is 20.3 Å². The Kier molecular flexibility index (Phi) is 4.40. The van der Waals surface area contributed by atoms with Crippen LogP contribution in [-0.2, 0) is 6.42 Å². The molecule has 2 aromatic heterocycles. The van der Waals surface area contributed by atoms with E-state index in [-0.39, 0.29) is 0 Å². The quantitative estimate of drug-likeness (QED) is 0.901. The fourth-order valence-electron chi connectivity index (χ4n) is 2.76. The van der Waals surface area contributed by atoms with E-state index in [0.717, 1.165) is 42.4 Å². The second kappa shape index (κ2) is 6.63. The van der Waals surface area contributed by atoms with Crippen LogP contribution >= 0.6 is 0 Å². The van der Waals surface area contributed by atoms with E-state index in [4.69, 9.17) is 5.73 Å². The minimum atomic E-state index is 0.519. The molecule has 1 aliphatic heterocycles. The summed E-state index contributed by atoms with van der Waals surface area (Å²) in [5, 5.41) is 3.44. The molecule has 2 aromatic rings. The number of nitrogens with zero attached hydrogens (tertiary/aromatic N) is 3. The number of nitrogens with two attached hydrogens (primary N) is 1. The zero-order valence-electron chi connectivity index (χ0n) is 12.1. The minimum absolute atomic E-state index is 0.519. The summed E-state index contributed by atoms with van der Waals surface area (Å²) in [6, 6.07) is 3.70. The van der Waals surface area contributed by atoms with E-state index in [1.807, 2.05) is 18.5 Å². The van der Waals surface area contributed by atoms with Crippen LogP contribution in [0, 0.1) is 5.92 Å². The third kappa shape index (κ3) is 3.76. The van der Waals surface area contributed by atoms with Crippen molar-refractivity contribution >= 4 is 5.82 Å². The molecule has 0 saturated carbocycles. The monoisotopic (exact) mass is 283 g/mol. The van der Waals surface area contributed by atoms with Crippen LogP contribution in [0.25, 0.3) is 11.3 Å². The van der Waals surface area contributed by atoms with Crippen LogP contribution in [-0.4, -0.2) is 28.0 Å². The molecule has 1 saturated heterocycles. The van der Waals surface area contributed by atoms with Gasteiger partial charge in [0.2, 0.25) is 0 Å². The smallest absolute Gasteiger partial charge is 0.123 e. The van der Waals surface area contributed by atoms with Gasteiger partial charge in [-0.15, -0.1) is 0 Å². The van der Waals surface area contributed by atoms with Crippen molar-refractivity contribution in [2.45, 2.75) is 25.7 Å². The van der Waals surface area contributed by atoms with Crippen molar-refractivity contribution < 1.29 is 0 Å². The molecular formula is C16H21N5. The number of nitrogen functional groups attached to an aromatic ring is 1. The highest BCUT2D eigenvalue weighted by Gasteiger charge is 2.13. The Balaban J connectivity index is 1.67. The molecule has 0 spiro atoms. The lowest BCUT2D eigenvalue weighted by molar-refractivity contribution is 0.464. The first-order chi connectivity index (χ1) is 10.3. The second-order valence-electron chi connectivity index (χ2n) is 5.62. The molecule has 1 unspecified atom stereocenters. The van der Waals surface area contributed by atoms with Crippen molar-refractivity contribution in [3.63, 3.8) is 0 Å². The van der Waals surface area contributed by atoms with Crippen molar-refractivity contribution in [2.24, 2.45) is 5.92 Å². The average Bonchev–Trinajstić information content (AvgIpc) is 2.78. The van der Waals surface area contributed by atoms with Gasteiger partial charge in [0.15, 0.2) is 0 Å². The third-order valence-electron chi connectivity index (χ3n) is 3.98. The maximum Gasteiger partial charge on any atom is 0.123 e. The molecule has 110 valence electrons. The number of pyridine rings is 1. The topological polar surface area (TPSA) is 76.7 Å². The van der Waals surface area contributed by atoms with Gasteiger partial charge in [-0.1, -0.05) is 0 Å². The minimum Gasteiger partial charge on any atom is -0.384 e. The average molecular weight is 283 g/mol. The number of hydrogen-bond donors (Lipinski definition) is 2. The first-order valence-electron chi connectivity index (χ1n) is 7.55. The van der Waals surface area contributed by atoms with Crippen LogP contribution in [0.1, 0.15) is 25.0 Å². The summed E-state index contributed by atoms with van der Waals surface area (Å²) in [7, 11) is 0. The number of aromatic nitrogens is 3. The highest BCUT2D eigenvalue weighted by Crippen LogP contribution is 2.20. The summed E-state index contributed by atoms with van der Waals surface area (Å²) in [6.45, 7) is 2.26. The molecule has 1 aliphatic rings. The Hall–Kier alpha value is -2.01. The number of nitrogens with one attached hydrogen (secondary N) is 1. The third-order valence-corrected chi connectivity index (χ3v) is 3.98. The largest absolute Gasteiger partial charge is 0.384 e. The van der Waals surface area contributed by atoms with Crippen molar-refractivity contribution in [1.29, 1.82) is 0 Å². The summed E-state index contributed by atoms with van der Waals surface area (Å²) < 4.78 is 0. The Labute approximate surface area is 125 Å². The van der Waals surface area contributed by atoms with Crippen LogP contribution in [0.4, 0.5) is 5.82 Å². The highest BCUT2D eigenvalue weighted by molar-refractivity contribution is 5.58. The van der Waals surface area contributed by atoms with E-state index < -0.39 is 0 Å². The fraction of sp³-hybridized carbons (Fsp3) is 0.438. The maximum atomic E-state index is 5.59. The molecule has 3 N–H and O–H groups in total. The van der Waals surface area contributed by atoms with Crippen molar-refractivity contribution in [3.05, 3.63) is 36.4 Å². The van der Waals surface area contributed by atoms with Crippen molar-refractivity contribution in [3.8, 4) is 11.3 Å². The highest BCUT2D eigenvalue weighted by atomic mass is 14.9. The Morgan fingerprint density at radius 1 is 1.05 bits per heavy atom. The van der Waals surface area contributed by atoms with Crippen molar-refractivity contribution in [2.75, 3.05) is 18.8 Å². The SMILES string of the molecule is Nc1ccc(-c2cnc(CC3CCCNCC3)cn2)cn1. The molecule has 3 heterocycles. The van der Waals surface area contributed by atoms with E-state index in [0.29, 0.717) is 5.82 Å². The van der Waals surface area contributed by atoms with Crippen LogP contribution in [0.15, 0.2) is 30.7 Å². The lowest BCUT2D eigenvalue weighted by Gasteiger charge is -2.12. The summed E-state index contributed by atoms with van der Waals surface area (Å²) in [6.07, 6.45) is 10.2. The van der Waals surface area contributed by atoms with Crippen LogP contribution < -0.4 is 11.1 Å². The Morgan fingerprint density at radius 2 is 2.00 bits per heavy atom. The van der Waals surface area contributed by atoms with Gasteiger partial charge in [-0.2, -0.15) is 0 Å². The van der Waals surface area contributed by atoms with Gasteiger partial charge in [-0.25, -0.2) is 4.98 Å². The van der Waals surface area contributed by atoms with Gasteiger partial charge in [-0.05, 0) is 56.8 Å². The van der Waals surface area contributed by atoms with E-state index in [9.17, 15) is 0 Å². The predicted octanol–water partition coefficient (Wildman–Crippen LogP) is 2.05. The van der Waals surface area contributed by atoms with Gasteiger partial charge < -0.3 is 11.1 Å².